The third kappa shape index (κ3) is 2.15. The molecule has 0 unspecified atom stereocenters. The second kappa shape index (κ2) is 4.85. The Kier molecular flexibility index (Phi) is 2.89. The van der Waals surface area contributed by atoms with Gasteiger partial charge in [0.1, 0.15) is 5.69 Å². The van der Waals surface area contributed by atoms with Crippen LogP contribution in [0.1, 0.15) is 0 Å². The van der Waals surface area contributed by atoms with Crippen molar-refractivity contribution in [3.8, 4) is 17.1 Å². The molecular weight excluding hydrogens is 240 g/mol. The van der Waals surface area contributed by atoms with Crippen LogP contribution in [-0.4, -0.2) is 32.0 Å². The first kappa shape index (κ1) is 11.3. The van der Waals surface area contributed by atoms with E-state index in [1.807, 2.05) is 36.4 Å². The molecule has 19 heavy (non-hydrogen) atoms. The van der Waals surface area contributed by atoms with Gasteiger partial charge in [0.25, 0.3) is 0 Å². The zero-order valence-electron chi connectivity index (χ0n) is 10.4. The molecule has 0 saturated carbocycles. The van der Waals surface area contributed by atoms with E-state index in [-0.39, 0.29) is 0 Å². The van der Waals surface area contributed by atoms with Crippen molar-refractivity contribution in [3.63, 3.8) is 0 Å². The smallest absolute Gasteiger partial charge is 0.222 e. The Labute approximate surface area is 110 Å². The van der Waals surface area contributed by atoms with Crippen LogP contribution in [0, 0.1) is 0 Å². The van der Waals surface area contributed by atoms with Gasteiger partial charge in [-0.15, -0.1) is 5.10 Å². The number of nitrogens with one attached hydrogen (secondary N) is 1. The number of benzene rings is 1. The van der Waals surface area contributed by atoms with E-state index in [9.17, 15) is 0 Å². The van der Waals surface area contributed by atoms with Gasteiger partial charge in [0, 0.05) is 13.2 Å². The van der Waals surface area contributed by atoms with Gasteiger partial charge in [0.15, 0.2) is 0 Å². The largest absolute Gasteiger partial charge is 0.357 e. The Morgan fingerprint density at radius 2 is 1.95 bits per heavy atom. The van der Waals surface area contributed by atoms with Gasteiger partial charge in [-0.2, -0.15) is 0 Å². The van der Waals surface area contributed by atoms with E-state index in [4.69, 9.17) is 0 Å². The first-order valence-electron chi connectivity index (χ1n) is 5.86. The number of rotatable bonds is 3. The second-order valence-corrected chi connectivity index (χ2v) is 3.88. The van der Waals surface area contributed by atoms with Crippen molar-refractivity contribution in [2.24, 2.45) is 0 Å². The van der Waals surface area contributed by atoms with Crippen molar-refractivity contribution < 1.29 is 0 Å². The lowest BCUT2D eigenvalue weighted by molar-refractivity contribution is 0.806. The summed E-state index contributed by atoms with van der Waals surface area (Å²) in [4.78, 5) is 8.49. The molecule has 0 spiro atoms. The molecule has 1 aromatic carbocycles. The summed E-state index contributed by atoms with van der Waals surface area (Å²) in [5, 5.41) is 11.0. The van der Waals surface area contributed by atoms with Crippen LogP contribution < -0.4 is 5.32 Å². The Bertz CT molecular complexity index is 676. The van der Waals surface area contributed by atoms with Crippen molar-refractivity contribution in [2.45, 2.75) is 0 Å². The predicted molar refractivity (Wildman–Crippen MR) is 71.9 cm³/mol. The molecule has 0 radical (unpaired) electrons. The maximum Gasteiger partial charge on any atom is 0.222 e. The van der Waals surface area contributed by atoms with Crippen LogP contribution >= 0.6 is 0 Å². The molecule has 0 amide bonds. The highest BCUT2D eigenvalue weighted by molar-refractivity contribution is 5.57. The number of nitrogens with zero attached hydrogens (tertiary/aromatic N) is 5. The van der Waals surface area contributed by atoms with E-state index in [0.29, 0.717) is 5.95 Å². The Morgan fingerprint density at radius 1 is 1.11 bits per heavy atom. The minimum atomic E-state index is 0.568. The van der Waals surface area contributed by atoms with Crippen LogP contribution in [0.15, 0.2) is 48.8 Å². The standard InChI is InChI=1S/C13H12N6/c1-14-13-15-8-7-11(17-13)12-9-16-18-19(12)10-5-3-2-4-6-10/h2-9H,1H3,(H,14,15,17). The summed E-state index contributed by atoms with van der Waals surface area (Å²) in [6.07, 6.45) is 3.39. The monoisotopic (exact) mass is 252 g/mol. The summed E-state index contributed by atoms with van der Waals surface area (Å²) in [7, 11) is 1.78. The number of anilines is 1. The van der Waals surface area contributed by atoms with Gasteiger partial charge < -0.3 is 5.32 Å². The minimum Gasteiger partial charge on any atom is -0.357 e. The highest BCUT2D eigenvalue weighted by atomic mass is 15.4. The highest BCUT2D eigenvalue weighted by Gasteiger charge is 2.10. The maximum atomic E-state index is 4.40. The van der Waals surface area contributed by atoms with Gasteiger partial charge in [0.05, 0.1) is 17.6 Å². The molecule has 0 aliphatic heterocycles. The molecule has 0 bridgehead atoms. The molecule has 94 valence electrons. The summed E-state index contributed by atoms with van der Waals surface area (Å²) in [6, 6.07) is 11.7. The van der Waals surface area contributed by atoms with E-state index >= 15 is 0 Å². The molecule has 2 heterocycles. The first-order valence-corrected chi connectivity index (χ1v) is 5.86. The van der Waals surface area contributed by atoms with Gasteiger partial charge >= 0.3 is 0 Å². The van der Waals surface area contributed by atoms with Gasteiger partial charge in [-0.25, -0.2) is 14.6 Å². The number of para-hydroxylation sites is 1. The number of hydrogen-bond acceptors (Lipinski definition) is 5. The summed E-state index contributed by atoms with van der Waals surface area (Å²) in [6.45, 7) is 0. The summed E-state index contributed by atoms with van der Waals surface area (Å²) in [5.74, 6) is 0.568. The fourth-order valence-corrected chi connectivity index (χ4v) is 1.79. The predicted octanol–water partition coefficient (Wildman–Crippen LogP) is 1.77. The maximum absolute atomic E-state index is 4.40. The fraction of sp³-hybridized carbons (Fsp3) is 0.0769. The zero-order chi connectivity index (χ0) is 13.1. The van der Waals surface area contributed by atoms with Crippen molar-refractivity contribution in [2.75, 3.05) is 12.4 Å². The van der Waals surface area contributed by atoms with Crippen molar-refractivity contribution in [3.05, 3.63) is 48.8 Å². The number of hydrogen-bond donors (Lipinski definition) is 1. The van der Waals surface area contributed by atoms with E-state index in [0.717, 1.165) is 17.1 Å². The van der Waals surface area contributed by atoms with Crippen LogP contribution in [0.25, 0.3) is 17.1 Å². The molecule has 0 fully saturated rings. The van der Waals surface area contributed by atoms with Crippen LogP contribution in [0.5, 0.6) is 0 Å². The Morgan fingerprint density at radius 3 is 2.74 bits per heavy atom. The molecule has 0 aliphatic carbocycles. The lowest BCUT2D eigenvalue weighted by Crippen LogP contribution is -2.02. The van der Waals surface area contributed by atoms with Gasteiger partial charge in [-0.1, -0.05) is 23.4 Å². The SMILES string of the molecule is CNc1nccc(-c2cnnn2-c2ccccc2)n1. The molecule has 6 nitrogen and oxygen atoms in total. The lowest BCUT2D eigenvalue weighted by atomic mass is 10.3. The quantitative estimate of drug-likeness (QED) is 0.769. The third-order valence-electron chi connectivity index (χ3n) is 2.69. The molecule has 3 aromatic rings. The molecule has 0 aliphatic rings. The molecular formula is C13H12N6. The molecule has 6 heteroatoms. The van der Waals surface area contributed by atoms with Gasteiger partial charge in [0.2, 0.25) is 5.95 Å². The van der Waals surface area contributed by atoms with Gasteiger partial charge in [-0.05, 0) is 18.2 Å². The lowest BCUT2D eigenvalue weighted by Gasteiger charge is -2.06. The molecule has 0 atom stereocenters. The zero-order valence-corrected chi connectivity index (χ0v) is 10.4. The van der Waals surface area contributed by atoms with E-state index in [2.05, 4.69) is 25.6 Å². The third-order valence-corrected chi connectivity index (χ3v) is 2.69. The average Bonchev–Trinajstić information content (AvgIpc) is 2.98. The van der Waals surface area contributed by atoms with E-state index in [1.54, 1.807) is 24.1 Å². The van der Waals surface area contributed by atoms with Crippen LogP contribution in [0.2, 0.25) is 0 Å². The normalized spacial score (nSPS) is 10.4. The topological polar surface area (TPSA) is 68.5 Å². The highest BCUT2D eigenvalue weighted by Crippen LogP contribution is 2.19. The summed E-state index contributed by atoms with van der Waals surface area (Å²) < 4.78 is 1.75. The minimum absolute atomic E-state index is 0.568. The first-order chi connectivity index (χ1) is 9.38. The van der Waals surface area contributed by atoms with Gasteiger partial charge in [-0.3, -0.25) is 0 Å². The summed E-state index contributed by atoms with van der Waals surface area (Å²) in [5.41, 5.74) is 2.54. The molecule has 0 saturated heterocycles. The van der Waals surface area contributed by atoms with Crippen molar-refractivity contribution in [1.82, 2.24) is 25.0 Å². The molecule has 3 rings (SSSR count). The van der Waals surface area contributed by atoms with Crippen molar-refractivity contribution >= 4 is 5.95 Å². The van der Waals surface area contributed by atoms with Crippen molar-refractivity contribution in [1.29, 1.82) is 0 Å². The van der Waals surface area contributed by atoms with Crippen LogP contribution in [0.4, 0.5) is 5.95 Å². The summed E-state index contributed by atoms with van der Waals surface area (Å²) >= 11 is 0. The number of aromatic nitrogens is 5. The van der Waals surface area contributed by atoms with E-state index in [1.165, 1.54) is 0 Å². The van der Waals surface area contributed by atoms with Crippen LogP contribution in [-0.2, 0) is 0 Å². The van der Waals surface area contributed by atoms with E-state index < -0.39 is 0 Å². The Hall–Kier alpha value is -2.76. The molecule has 1 N–H and O–H groups in total. The molecule has 2 aromatic heterocycles. The average molecular weight is 252 g/mol. The fourth-order valence-electron chi connectivity index (χ4n) is 1.79. The second-order valence-electron chi connectivity index (χ2n) is 3.88. The Balaban J connectivity index is 2.09. The van der Waals surface area contributed by atoms with Crippen LogP contribution in [0.3, 0.4) is 0 Å².